The van der Waals surface area contributed by atoms with E-state index in [1.165, 1.54) is 6.92 Å². The second kappa shape index (κ2) is 7.19. The topological polar surface area (TPSA) is 57.6 Å². The number of carbonyl (C=O) groups excluding carboxylic acids is 2. The van der Waals surface area contributed by atoms with Crippen molar-refractivity contribution in [2.45, 2.75) is 25.9 Å². The van der Waals surface area contributed by atoms with E-state index in [0.29, 0.717) is 11.1 Å². The van der Waals surface area contributed by atoms with Crippen LogP contribution in [0.1, 0.15) is 41.8 Å². The molecule has 2 aromatic rings. The van der Waals surface area contributed by atoms with Crippen molar-refractivity contribution in [1.29, 1.82) is 0 Å². The lowest BCUT2D eigenvalue weighted by atomic mass is 9.89. The van der Waals surface area contributed by atoms with Crippen molar-refractivity contribution in [3.63, 3.8) is 0 Å². The molecule has 0 aromatic heterocycles. The molecular weight excluding hydrogens is 314 g/mol. The van der Waals surface area contributed by atoms with Crippen molar-refractivity contribution >= 4 is 17.4 Å². The van der Waals surface area contributed by atoms with E-state index in [1.54, 1.807) is 36.2 Å². The molecule has 1 aliphatic carbocycles. The summed E-state index contributed by atoms with van der Waals surface area (Å²) in [5.74, 6) is -0.342. The summed E-state index contributed by atoms with van der Waals surface area (Å²) in [5, 5.41) is 10.9. The molecule has 1 aliphatic rings. The molecule has 4 nitrogen and oxygen atoms in total. The predicted molar refractivity (Wildman–Crippen MR) is 97.5 cm³/mol. The number of carbonyl (C=O) groups is 2. The number of hydrogen-bond donors (Lipinski definition) is 1. The van der Waals surface area contributed by atoms with Gasteiger partial charge in [-0.25, -0.2) is 0 Å². The fourth-order valence-corrected chi connectivity index (χ4v) is 3.17. The van der Waals surface area contributed by atoms with Crippen LogP contribution in [0.5, 0.6) is 0 Å². The third-order valence-electron chi connectivity index (χ3n) is 4.89. The summed E-state index contributed by atoms with van der Waals surface area (Å²) in [6.45, 7) is 1.51. The van der Waals surface area contributed by atoms with E-state index in [4.69, 9.17) is 0 Å². The van der Waals surface area contributed by atoms with Gasteiger partial charge in [0.25, 0.3) is 0 Å². The van der Waals surface area contributed by atoms with Gasteiger partial charge >= 0.3 is 0 Å². The Morgan fingerprint density at radius 2 is 1.64 bits per heavy atom. The Morgan fingerprint density at radius 3 is 2.16 bits per heavy atom. The standard InChI is InChI=1S/C21H23NO3/c1-14(23)15-8-12-17(13-9-15)20(24)19(16-10-11-16)21(25)22(2)18-6-4-3-5-7-18/h3-9,12-13,16,19-20,24H,10-11H2,1-2H3/t19-,20-/m1/s1. The molecule has 0 heterocycles. The maximum atomic E-state index is 13.0. The van der Waals surface area contributed by atoms with Crippen LogP contribution in [-0.2, 0) is 4.79 Å². The zero-order chi connectivity index (χ0) is 18.0. The maximum absolute atomic E-state index is 13.0. The summed E-state index contributed by atoms with van der Waals surface area (Å²) in [5.41, 5.74) is 2.10. The molecule has 1 N–H and O–H groups in total. The van der Waals surface area contributed by atoms with Gasteiger partial charge in [0.1, 0.15) is 0 Å². The summed E-state index contributed by atoms with van der Waals surface area (Å²) >= 11 is 0. The van der Waals surface area contributed by atoms with Crippen molar-refractivity contribution in [3.05, 3.63) is 65.7 Å². The van der Waals surface area contributed by atoms with Gasteiger partial charge < -0.3 is 10.0 Å². The molecule has 0 aliphatic heterocycles. The molecule has 3 rings (SSSR count). The van der Waals surface area contributed by atoms with Gasteiger partial charge in [-0.15, -0.1) is 0 Å². The quantitative estimate of drug-likeness (QED) is 0.819. The lowest BCUT2D eigenvalue weighted by Crippen LogP contribution is -2.37. The first-order valence-corrected chi connectivity index (χ1v) is 8.60. The van der Waals surface area contributed by atoms with E-state index in [9.17, 15) is 14.7 Å². The number of para-hydroxylation sites is 1. The van der Waals surface area contributed by atoms with Crippen LogP contribution in [0, 0.1) is 11.8 Å². The average Bonchev–Trinajstić information content (AvgIpc) is 3.46. The van der Waals surface area contributed by atoms with Crippen molar-refractivity contribution in [2.24, 2.45) is 11.8 Å². The number of hydrogen-bond acceptors (Lipinski definition) is 3. The largest absolute Gasteiger partial charge is 0.388 e. The number of Topliss-reactive ketones (excluding diaryl/α,β-unsaturated/α-hetero) is 1. The van der Waals surface area contributed by atoms with E-state index in [1.807, 2.05) is 30.3 Å². The van der Waals surface area contributed by atoms with Gasteiger partial charge in [0.05, 0.1) is 12.0 Å². The van der Waals surface area contributed by atoms with Crippen LogP contribution in [0.4, 0.5) is 5.69 Å². The first kappa shape index (κ1) is 17.4. The van der Waals surface area contributed by atoms with Crippen LogP contribution in [-0.4, -0.2) is 23.8 Å². The molecule has 0 unspecified atom stereocenters. The Labute approximate surface area is 148 Å². The Morgan fingerprint density at radius 1 is 1.04 bits per heavy atom. The number of aliphatic hydroxyl groups is 1. The summed E-state index contributed by atoms with van der Waals surface area (Å²) < 4.78 is 0. The van der Waals surface area contributed by atoms with Crippen LogP contribution in [0.2, 0.25) is 0 Å². The molecule has 0 bridgehead atoms. The highest BCUT2D eigenvalue weighted by Gasteiger charge is 2.42. The normalized spacial score (nSPS) is 16.1. The Hall–Kier alpha value is -2.46. The Balaban J connectivity index is 1.83. The summed E-state index contributed by atoms with van der Waals surface area (Å²) in [6.07, 6.45) is 1.05. The minimum atomic E-state index is -0.868. The van der Waals surface area contributed by atoms with E-state index >= 15 is 0 Å². The molecule has 0 spiro atoms. The molecule has 4 heteroatoms. The van der Waals surface area contributed by atoms with Crippen LogP contribution in [0.25, 0.3) is 0 Å². The number of benzene rings is 2. The highest BCUT2D eigenvalue weighted by atomic mass is 16.3. The second-order valence-electron chi connectivity index (χ2n) is 6.72. The van der Waals surface area contributed by atoms with Crippen molar-refractivity contribution in [1.82, 2.24) is 0 Å². The number of aliphatic hydroxyl groups excluding tert-OH is 1. The third kappa shape index (κ3) is 3.80. The lowest BCUT2D eigenvalue weighted by molar-refractivity contribution is -0.126. The average molecular weight is 337 g/mol. The van der Waals surface area contributed by atoms with Gasteiger partial charge in [-0.05, 0) is 43.4 Å². The minimum absolute atomic E-state index is 0.0142. The van der Waals surface area contributed by atoms with E-state index < -0.39 is 12.0 Å². The highest BCUT2D eigenvalue weighted by molar-refractivity contribution is 5.95. The smallest absolute Gasteiger partial charge is 0.233 e. The third-order valence-corrected chi connectivity index (χ3v) is 4.89. The Bertz CT molecular complexity index is 750. The summed E-state index contributed by atoms with van der Waals surface area (Å²) in [6, 6.07) is 16.4. The van der Waals surface area contributed by atoms with Crippen LogP contribution in [0.15, 0.2) is 54.6 Å². The number of nitrogens with zero attached hydrogens (tertiary/aromatic N) is 1. The van der Waals surface area contributed by atoms with Gasteiger partial charge in [0.15, 0.2) is 5.78 Å². The number of ketones is 1. The van der Waals surface area contributed by atoms with Crippen molar-refractivity contribution < 1.29 is 14.7 Å². The molecule has 1 saturated carbocycles. The number of amides is 1. The van der Waals surface area contributed by atoms with Gasteiger partial charge in [0, 0.05) is 18.3 Å². The molecule has 1 amide bonds. The fraction of sp³-hybridized carbons (Fsp3) is 0.333. The summed E-state index contributed by atoms with van der Waals surface area (Å²) in [4.78, 5) is 26.1. The van der Waals surface area contributed by atoms with Crippen LogP contribution < -0.4 is 4.90 Å². The van der Waals surface area contributed by atoms with Crippen LogP contribution in [0.3, 0.4) is 0 Å². The second-order valence-corrected chi connectivity index (χ2v) is 6.72. The van der Waals surface area contributed by atoms with E-state index in [2.05, 4.69) is 0 Å². The Kier molecular flexibility index (Phi) is 5.00. The zero-order valence-corrected chi connectivity index (χ0v) is 14.6. The molecule has 130 valence electrons. The van der Waals surface area contributed by atoms with E-state index in [0.717, 1.165) is 18.5 Å². The zero-order valence-electron chi connectivity index (χ0n) is 14.6. The highest BCUT2D eigenvalue weighted by Crippen LogP contribution is 2.44. The maximum Gasteiger partial charge on any atom is 0.233 e. The van der Waals surface area contributed by atoms with Gasteiger partial charge in [0.2, 0.25) is 5.91 Å². The van der Waals surface area contributed by atoms with Crippen molar-refractivity contribution in [2.75, 3.05) is 11.9 Å². The van der Waals surface area contributed by atoms with Crippen LogP contribution >= 0.6 is 0 Å². The number of rotatable bonds is 6. The van der Waals surface area contributed by atoms with Gasteiger partial charge in [-0.2, -0.15) is 0 Å². The molecular formula is C21H23NO3. The molecule has 0 radical (unpaired) electrons. The summed E-state index contributed by atoms with van der Waals surface area (Å²) in [7, 11) is 1.75. The number of anilines is 1. The molecule has 1 fully saturated rings. The van der Waals surface area contributed by atoms with Gasteiger partial charge in [-0.3, -0.25) is 9.59 Å². The van der Waals surface area contributed by atoms with Crippen molar-refractivity contribution in [3.8, 4) is 0 Å². The molecule has 0 saturated heterocycles. The molecule has 2 atom stereocenters. The SMILES string of the molecule is CC(=O)c1ccc([C@@H](O)[C@H](C(=O)N(C)c2ccccc2)C2CC2)cc1. The molecule has 2 aromatic carbocycles. The monoisotopic (exact) mass is 337 g/mol. The minimum Gasteiger partial charge on any atom is -0.388 e. The first-order valence-electron chi connectivity index (χ1n) is 8.60. The predicted octanol–water partition coefficient (Wildman–Crippen LogP) is 3.61. The lowest BCUT2D eigenvalue weighted by Gasteiger charge is -2.27. The van der Waals surface area contributed by atoms with E-state index in [-0.39, 0.29) is 17.6 Å². The molecule has 25 heavy (non-hydrogen) atoms. The first-order chi connectivity index (χ1) is 12.0. The fourth-order valence-electron chi connectivity index (χ4n) is 3.17. The van der Waals surface area contributed by atoms with Gasteiger partial charge in [-0.1, -0.05) is 42.5 Å².